The van der Waals surface area contributed by atoms with Crippen LogP contribution in [-0.4, -0.2) is 5.84 Å². The molecule has 0 amide bonds. The summed E-state index contributed by atoms with van der Waals surface area (Å²) in [6.45, 7) is 4.88. The van der Waals surface area contributed by atoms with E-state index in [0.29, 0.717) is 5.92 Å². The first kappa shape index (κ1) is 28.3. The molecule has 4 aliphatic rings. The van der Waals surface area contributed by atoms with Crippen LogP contribution in [0.2, 0.25) is 0 Å². The maximum Gasteiger partial charge on any atom is 0.131 e. The molecule has 9 rings (SSSR count). The van der Waals surface area contributed by atoms with Crippen LogP contribution in [0.3, 0.4) is 0 Å². The number of rotatable bonds is 4. The summed E-state index contributed by atoms with van der Waals surface area (Å²) in [6.07, 6.45) is 9.37. The van der Waals surface area contributed by atoms with Gasteiger partial charge < -0.3 is 5.32 Å². The minimum atomic E-state index is -0.183. The Balaban J connectivity index is 1.18. The Kier molecular flexibility index (Phi) is 6.65. The van der Waals surface area contributed by atoms with Crippen LogP contribution in [0.1, 0.15) is 84.2 Å². The lowest BCUT2D eigenvalue weighted by atomic mass is 9.66. The standard InChI is InChI=1S/C44H39N3/c1-44(2)37-27-32(43-46-41(29-15-5-3-6-16-29)45-42(47-43)30-17-7-4-8-18-30)24-25-36(37)40-38(44)26-31-19-10-12-22-34(31)39(40)35-23-13-20-28-14-9-11-21-33(28)35/h3-9,11-18,20-27,39-41,43,46H,10,19H2,1-2H3,(H,45,47). The molecule has 0 spiro atoms. The van der Waals surface area contributed by atoms with Gasteiger partial charge in [0.25, 0.3) is 0 Å². The van der Waals surface area contributed by atoms with Gasteiger partial charge in [-0.3, -0.25) is 5.32 Å². The number of nitrogens with one attached hydrogen (secondary N) is 2. The monoisotopic (exact) mass is 609 g/mol. The fourth-order valence-corrected chi connectivity index (χ4v) is 8.58. The lowest BCUT2D eigenvalue weighted by molar-refractivity contribution is 0.408. The molecule has 0 saturated carbocycles. The molecule has 3 aliphatic carbocycles. The van der Waals surface area contributed by atoms with Gasteiger partial charge in [-0.05, 0) is 62.6 Å². The number of amidine groups is 1. The Morgan fingerprint density at radius 3 is 2.34 bits per heavy atom. The molecular formula is C44H39N3. The van der Waals surface area contributed by atoms with E-state index in [0.717, 1.165) is 24.2 Å². The summed E-state index contributed by atoms with van der Waals surface area (Å²) < 4.78 is 0. The third-order valence-corrected chi connectivity index (χ3v) is 10.9. The van der Waals surface area contributed by atoms with Crippen LogP contribution in [0, 0.1) is 0 Å². The van der Waals surface area contributed by atoms with E-state index in [9.17, 15) is 0 Å². The summed E-state index contributed by atoms with van der Waals surface area (Å²) in [5.41, 5.74) is 12.3. The SMILES string of the molecule is CC1(C)C2=CC3=C(C=CCC3)C(c3cccc4ccccc34)C2c2ccc(C3N=C(c4ccccc4)NC(c4ccccc4)N3)cc21. The van der Waals surface area contributed by atoms with Crippen molar-refractivity contribution in [1.82, 2.24) is 10.6 Å². The molecule has 0 bridgehead atoms. The van der Waals surface area contributed by atoms with Crippen molar-refractivity contribution in [3.8, 4) is 0 Å². The zero-order valence-corrected chi connectivity index (χ0v) is 26.9. The average molecular weight is 610 g/mol. The van der Waals surface area contributed by atoms with Crippen LogP contribution in [0.15, 0.2) is 161 Å². The van der Waals surface area contributed by atoms with Gasteiger partial charge in [0.2, 0.25) is 0 Å². The minimum Gasteiger partial charge on any atom is -0.350 e. The molecule has 3 heteroatoms. The van der Waals surface area contributed by atoms with E-state index < -0.39 is 0 Å². The quantitative estimate of drug-likeness (QED) is 0.213. The van der Waals surface area contributed by atoms with E-state index in [-0.39, 0.29) is 23.7 Å². The van der Waals surface area contributed by atoms with Gasteiger partial charge in [0.15, 0.2) is 0 Å². The van der Waals surface area contributed by atoms with Gasteiger partial charge in [-0.15, -0.1) is 0 Å². The van der Waals surface area contributed by atoms with Crippen LogP contribution in [-0.2, 0) is 5.41 Å². The third kappa shape index (κ3) is 4.64. The highest BCUT2D eigenvalue weighted by Crippen LogP contribution is 2.61. The first-order chi connectivity index (χ1) is 23.1. The van der Waals surface area contributed by atoms with E-state index in [1.165, 1.54) is 49.7 Å². The van der Waals surface area contributed by atoms with Gasteiger partial charge in [-0.2, -0.15) is 0 Å². The summed E-state index contributed by atoms with van der Waals surface area (Å²) in [4.78, 5) is 5.28. The van der Waals surface area contributed by atoms with Crippen molar-refractivity contribution in [2.24, 2.45) is 4.99 Å². The first-order valence-corrected chi connectivity index (χ1v) is 17.0. The van der Waals surface area contributed by atoms with Crippen molar-refractivity contribution >= 4 is 16.6 Å². The molecule has 5 aromatic rings. The number of nitrogens with zero attached hydrogens (tertiary/aromatic N) is 1. The van der Waals surface area contributed by atoms with Crippen molar-refractivity contribution in [3.05, 3.63) is 190 Å². The Labute approximate surface area is 277 Å². The summed E-state index contributed by atoms with van der Waals surface area (Å²) in [7, 11) is 0. The summed E-state index contributed by atoms with van der Waals surface area (Å²) in [5, 5.41) is 10.2. The van der Waals surface area contributed by atoms with Crippen LogP contribution in [0.25, 0.3) is 10.8 Å². The Morgan fingerprint density at radius 2 is 1.49 bits per heavy atom. The molecule has 4 unspecified atom stereocenters. The zero-order valence-electron chi connectivity index (χ0n) is 26.9. The molecule has 2 N–H and O–H groups in total. The zero-order chi connectivity index (χ0) is 31.5. The molecule has 5 aromatic carbocycles. The van der Waals surface area contributed by atoms with E-state index in [1.807, 2.05) is 0 Å². The predicted molar refractivity (Wildman–Crippen MR) is 194 cm³/mol. The topological polar surface area (TPSA) is 36.4 Å². The second-order valence-corrected chi connectivity index (χ2v) is 13.9. The average Bonchev–Trinajstić information content (AvgIpc) is 3.36. The highest BCUT2D eigenvalue weighted by Gasteiger charge is 2.48. The Hall–Kier alpha value is -4.99. The fourth-order valence-electron chi connectivity index (χ4n) is 8.58. The summed E-state index contributed by atoms with van der Waals surface area (Å²) in [5.74, 6) is 1.49. The Bertz CT molecular complexity index is 2130. The lowest BCUT2D eigenvalue weighted by Gasteiger charge is -2.37. The second kappa shape index (κ2) is 11.1. The highest BCUT2D eigenvalue weighted by molar-refractivity contribution is 5.99. The van der Waals surface area contributed by atoms with Gasteiger partial charge in [0.1, 0.15) is 18.2 Å². The van der Waals surface area contributed by atoms with Crippen LogP contribution >= 0.6 is 0 Å². The molecule has 0 aromatic heterocycles. The summed E-state index contributed by atoms with van der Waals surface area (Å²) >= 11 is 0. The van der Waals surface area contributed by atoms with Crippen molar-refractivity contribution < 1.29 is 0 Å². The minimum absolute atomic E-state index is 0.0566. The maximum absolute atomic E-state index is 5.28. The molecule has 4 atom stereocenters. The molecule has 3 nitrogen and oxygen atoms in total. The smallest absolute Gasteiger partial charge is 0.131 e. The van der Waals surface area contributed by atoms with Gasteiger partial charge in [-0.25, -0.2) is 4.99 Å². The van der Waals surface area contributed by atoms with E-state index in [2.05, 4.69) is 164 Å². The number of allylic oxidation sites excluding steroid dienone is 6. The maximum atomic E-state index is 5.28. The lowest BCUT2D eigenvalue weighted by Crippen LogP contribution is -2.45. The first-order valence-electron chi connectivity index (χ1n) is 17.0. The van der Waals surface area contributed by atoms with Crippen LogP contribution in [0.4, 0.5) is 0 Å². The Morgan fingerprint density at radius 1 is 0.723 bits per heavy atom. The van der Waals surface area contributed by atoms with Crippen molar-refractivity contribution in [2.75, 3.05) is 0 Å². The van der Waals surface area contributed by atoms with Crippen LogP contribution < -0.4 is 10.6 Å². The van der Waals surface area contributed by atoms with E-state index in [1.54, 1.807) is 5.57 Å². The molecule has 0 radical (unpaired) electrons. The fraction of sp³-hybridized carbons (Fsp3) is 0.205. The number of benzene rings is 5. The van der Waals surface area contributed by atoms with Gasteiger partial charge in [0.05, 0.1) is 0 Å². The highest BCUT2D eigenvalue weighted by atomic mass is 15.3. The molecule has 0 fully saturated rings. The molecule has 1 heterocycles. The molecule has 47 heavy (non-hydrogen) atoms. The van der Waals surface area contributed by atoms with Gasteiger partial charge in [0, 0.05) is 22.8 Å². The molecule has 1 aliphatic heterocycles. The largest absolute Gasteiger partial charge is 0.350 e. The summed E-state index contributed by atoms with van der Waals surface area (Å²) in [6, 6.07) is 44.1. The number of fused-ring (bicyclic) bond motifs is 4. The van der Waals surface area contributed by atoms with E-state index in [4.69, 9.17) is 4.99 Å². The van der Waals surface area contributed by atoms with Gasteiger partial charge >= 0.3 is 0 Å². The third-order valence-electron chi connectivity index (χ3n) is 10.9. The second-order valence-electron chi connectivity index (χ2n) is 13.9. The number of hydrogen-bond donors (Lipinski definition) is 2. The predicted octanol–water partition coefficient (Wildman–Crippen LogP) is 9.92. The number of hydrogen-bond acceptors (Lipinski definition) is 3. The van der Waals surface area contributed by atoms with Crippen LogP contribution in [0.5, 0.6) is 0 Å². The van der Waals surface area contributed by atoms with E-state index >= 15 is 0 Å². The normalized spacial score (nSPS) is 24.1. The molecule has 230 valence electrons. The van der Waals surface area contributed by atoms with Crippen molar-refractivity contribution in [3.63, 3.8) is 0 Å². The molecular weight excluding hydrogens is 571 g/mol. The van der Waals surface area contributed by atoms with Crippen molar-refractivity contribution in [2.45, 2.75) is 56.3 Å². The van der Waals surface area contributed by atoms with Crippen molar-refractivity contribution in [1.29, 1.82) is 0 Å². The molecule has 0 saturated heterocycles. The number of aliphatic imine (C=N–C) groups is 1. The van der Waals surface area contributed by atoms with Gasteiger partial charge in [-0.1, -0.05) is 159 Å².